The number of ether oxygens (including phenoxy) is 1. The lowest BCUT2D eigenvalue weighted by atomic mass is 9.40. The second-order valence-electron chi connectivity index (χ2n) is 11.6. The SMILES string of the molecule is CNC(=O)[C@H]1C[C@H]2C[C@H](C2(C)C)[C@@]1(C)Nc1nc(Nc2ccc(OCCN3CCCC3)cc2)ncc1F. The van der Waals surface area contributed by atoms with Gasteiger partial charge in [0.2, 0.25) is 11.9 Å². The van der Waals surface area contributed by atoms with Gasteiger partial charge in [-0.2, -0.15) is 4.98 Å². The van der Waals surface area contributed by atoms with E-state index in [0.29, 0.717) is 12.5 Å². The summed E-state index contributed by atoms with van der Waals surface area (Å²) in [5.41, 5.74) is 0.230. The number of fused-ring (bicyclic) bond motifs is 2. The van der Waals surface area contributed by atoms with Crippen LogP contribution in [0.4, 0.5) is 21.8 Å². The Morgan fingerprint density at radius 3 is 2.57 bits per heavy atom. The number of hydrogen-bond acceptors (Lipinski definition) is 7. The van der Waals surface area contributed by atoms with Crippen LogP contribution in [-0.4, -0.2) is 59.6 Å². The minimum atomic E-state index is -0.626. The highest BCUT2D eigenvalue weighted by atomic mass is 19.1. The molecule has 0 unspecified atom stereocenters. The van der Waals surface area contributed by atoms with Gasteiger partial charge in [-0.3, -0.25) is 9.69 Å². The molecule has 6 rings (SSSR count). The molecule has 4 fully saturated rings. The molecule has 1 amide bonds. The third kappa shape index (κ3) is 4.98. The van der Waals surface area contributed by atoms with Crippen LogP contribution in [0.15, 0.2) is 30.5 Å². The molecule has 37 heavy (non-hydrogen) atoms. The van der Waals surface area contributed by atoms with Crippen LogP contribution in [0.2, 0.25) is 0 Å². The Bertz CT molecular complexity index is 1120. The van der Waals surface area contributed by atoms with Gasteiger partial charge in [0.15, 0.2) is 11.6 Å². The Balaban J connectivity index is 1.26. The number of benzene rings is 1. The molecule has 3 saturated carbocycles. The van der Waals surface area contributed by atoms with E-state index in [1.54, 1.807) is 7.05 Å². The normalized spacial score (nSPS) is 28.3. The van der Waals surface area contributed by atoms with Gasteiger partial charge in [-0.15, -0.1) is 0 Å². The molecule has 1 aliphatic heterocycles. The fourth-order valence-electron chi connectivity index (χ4n) is 6.77. The van der Waals surface area contributed by atoms with Gasteiger partial charge in [0.1, 0.15) is 12.4 Å². The van der Waals surface area contributed by atoms with Gasteiger partial charge in [0.25, 0.3) is 0 Å². The van der Waals surface area contributed by atoms with E-state index in [-0.39, 0.29) is 34.9 Å². The first-order chi connectivity index (χ1) is 17.7. The fraction of sp³-hybridized carbons (Fsp3) is 0.607. The van der Waals surface area contributed by atoms with Gasteiger partial charge in [-0.1, -0.05) is 13.8 Å². The number of likely N-dealkylation sites (tertiary alicyclic amines) is 1. The maximum Gasteiger partial charge on any atom is 0.229 e. The van der Waals surface area contributed by atoms with Gasteiger partial charge < -0.3 is 20.7 Å². The number of amides is 1. The molecule has 1 aromatic heterocycles. The third-order valence-electron chi connectivity index (χ3n) is 9.12. The molecule has 2 heterocycles. The average molecular weight is 511 g/mol. The molecule has 2 bridgehead atoms. The molecule has 1 aromatic carbocycles. The number of rotatable bonds is 9. The molecule has 2 aromatic rings. The Morgan fingerprint density at radius 1 is 1.16 bits per heavy atom. The predicted octanol–water partition coefficient (Wildman–Crippen LogP) is 4.43. The van der Waals surface area contributed by atoms with Crippen molar-refractivity contribution < 1.29 is 13.9 Å². The van der Waals surface area contributed by atoms with E-state index in [2.05, 4.69) is 44.7 Å². The Kier molecular flexibility index (Phi) is 7.00. The predicted molar refractivity (Wildman–Crippen MR) is 142 cm³/mol. The van der Waals surface area contributed by atoms with Crippen LogP contribution in [-0.2, 0) is 4.79 Å². The largest absolute Gasteiger partial charge is 0.492 e. The summed E-state index contributed by atoms with van der Waals surface area (Å²) in [5, 5.41) is 9.33. The van der Waals surface area contributed by atoms with Gasteiger partial charge in [-0.05, 0) is 87.2 Å². The summed E-state index contributed by atoms with van der Waals surface area (Å²) < 4.78 is 20.8. The zero-order chi connectivity index (χ0) is 26.2. The Hall–Kier alpha value is -2.94. The molecule has 1 saturated heterocycles. The summed E-state index contributed by atoms with van der Waals surface area (Å²) in [7, 11) is 1.66. The summed E-state index contributed by atoms with van der Waals surface area (Å²) in [5.74, 6) is 1.10. The quantitative estimate of drug-likeness (QED) is 0.460. The maximum atomic E-state index is 14.9. The molecule has 4 atom stereocenters. The van der Waals surface area contributed by atoms with E-state index in [1.165, 1.54) is 19.0 Å². The maximum absolute atomic E-state index is 14.9. The van der Waals surface area contributed by atoms with Crippen LogP contribution in [0.1, 0.15) is 46.5 Å². The minimum Gasteiger partial charge on any atom is -0.492 e. The zero-order valence-corrected chi connectivity index (χ0v) is 22.3. The molecule has 3 N–H and O–H groups in total. The Morgan fingerprint density at radius 2 is 1.89 bits per heavy atom. The number of carbonyl (C=O) groups excluding carboxylic acids is 1. The van der Waals surface area contributed by atoms with Crippen LogP contribution < -0.4 is 20.7 Å². The highest BCUT2D eigenvalue weighted by Gasteiger charge is 2.64. The first-order valence-electron chi connectivity index (χ1n) is 13.5. The number of aromatic nitrogens is 2. The average Bonchev–Trinajstić information content (AvgIpc) is 3.40. The van der Waals surface area contributed by atoms with E-state index in [4.69, 9.17) is 4.74 Å². The monoisotopic (exact) mass is 510 g/mol. The van der Waals surface area contributed by atoms with E-state index in [1.807, 2.05) is 31.2 Å². The Labute approximate surface area is 218 Å². The summed E-state index contributed by atoms with van der Waals surface area (Å²) in [6.45, 7) is 10.4. The number of hydrogen-bond donors (Lipinski definition) is 3. The molecular formula is C28H39FN6O2. The lowest BCUT2D eigenvalue weighted by molar-refractivity contribution is -0.155. The number of nitrogens with one attached hydrogen (secondary N) is 3. The molecule has 200 valence electrons. The summed E-state index contributed by atoms with van der Waals surface area (Å²) in [6.07, 6.45) is 5.51. The molecule has 9 heteroatoms. The first-order valence-corrected chi connectivity index (χ1v) is 13.5. The summed E-state index contributed by atoms with van der Waals surface area (Å²) in [4.78, 5) is 23.8. The van der Waals surface area contributed by atoms with Crippen molar-refractivity contribution in [3.8, 4) is 5.75 Å². The van der Waals surface area contributed by atoms with Crippen LogP contribution in [0.25, 0.3) is 0 Å². The smallest absolute Gasteiger partial charge is 0.229 e. The minimum absolute atomic E-state index is 0.0178. The fourth-order valence-corrected chi connectivity index (χ4v) is 6.77. The van der Waals surface area contributed by atoms with E-state index in [0.717, 1.165) is 43.9 Å². The molecule has 3 aliphatic carbocycles. The van der Waals surface area contributed by atoms with Crippen LogP contribution in [0, 0.1) is 29.0 Å². The van der Waals surface area contributed by atoms with Gasteiger partial charge >= 0.3 is 0 Å². The molecule has 4 aliphatic rings. The third-order valence-corrected chi connectivity index (χ3v) is 9.12. The van der Waals surface area contributed by atoms with E-state index in [9.17, 15) is 9.18 Å². The van der Waals surface area contributed by atoms with Gasteiger partial charge in [-0.25, -0.2) is 9.37 Å². The van der Waals surface area contributed by atoms with Crippen molar-refractivity contribution in [3.05, 3.63) is 36.3 Å². The van der Waals surface area contributed by atoms with E-state index >= 15 is 0 Å². The van der Waals surface area contributed by atoms with Crippen LogP contribution in [0.5, 0.6) is 5.75 Å². The summed E-state index contributed by atoms with van der Waals surface area (Å²) in [6, 6.07) is 7.60. The van der Waals surface area contributed by atoms with Crippen molar-refractivity contribution in [3.63, 3.8) is 0 Å². The second kappa shape index (κ2) is 10.1. The van der Waals surface area contributed by atoms with Gasteiger partial charge in [0, 0.05) is 19.3 Å². The number of carbonyl (C=O) groups is 1. The second-order valence-corrected chi connectivity index (χ2v) is 11.6. The van der Waals surface area contributed by atoms with E-state index < -0.39 is 11.4 Å². The van der Waals surface area contributed by atoms with Crippen molar-refractivity contribution in [2.45, 2.75) is 52.0 Å². The van der Waals surface area contributed by atoms with Crippen LogP contribution >= 0.6 is 0 Å². The highest BCUT2D eigenvalue weighted by Crippen LogP contribution is 2.65. The topological polar surface area (TPSA) is 91.4 Å². The number of halogens is 1. The zero-order valence-electron chi connectivity index (χ0n) is 22.3. The highest BCUT2D eigenvalue weighted by molar-refractivity contribution is 5.81. The van der Waals surface area contributed by atoms with Crippen molar-refractivity contribution in [1.82, 2.24) is 20.2 Å². The summed E-state index contributed by atoms with van der Waals surface area (Å²) >= 11 is 0. The van der Waals surface area contributed by atoms with Crippen molar-refractivity contribution >= 4 is 23.4 Å². The lowest BCUT2D eigenvalue weighted by Gasteiger charge is -2.66. The molecule has 0 radical (unpaired) electrons. The number of nitrogens with zero attached hydrogens (tertiary/aromatic N) is 3. The molecule has 8 nitrogen and oxygen atoms in total. The first kappa shape index (κ1) is 25.7. The standard InChI is InChI=1S/C28H39FN6O2/c1-27(2)18-15-21(25(36)30-4)28(3,23(27)16-18)34-24-22(29)17-31-26(33-24)32-19-7-9-20(10-8-19)37-14-13-35-11-5-6-12-35/h7-10,17-18,21,23H,5-6,11-16H2,1-4H3,(H,30,36)(H2,31,32,33,34)/t18-,21+,23+,28-/m0/s1. The lowest BCUT2D eigenvalue weighted by Crippen LogP contribution is -2.69. The molecule has 0 spiro atoms. The van der Waals surface area contributed by atoms with Crippen molar-refractivity contribution in [1.29, 1.82) is 0 Å². The molecular weight excluding hydrogens is 471 g/mol. The van der Waals surface area contributed by atoms with Crippen molar-refractivity contribution in [2.75, 3.05) is 43.9 Å². The van der Waals surface area contributed by atoms with Crippen LogP contribution in [0.3, 0.4) is 0 Å². The van der Waals surface area contributed by atoms with Crippen molar-refractivity contribution in [2.24, 2.45) is 23.2 Å². The number of anilines is 3. The van der Waals surface area contributed by atoms with Gasteiger partial charge in [0.05, 0.1) is 17.7 Å².